The average molecular weight is 629 g/mol. The van der Waals surface area contributed by atoms with Gasteiger partial charge in [-0.05, 0) is 13.8 Å². The average Bonchev–Trinajstić information content (AvgIpc) is 3.00. The topological polar surface area (TPSA) is 115 Å². The fraction of sp³-hybridized carbons (Fsp3) is 0.842. The largest absolute Gasteiger partial charge is 0.478 e. The molecule has 0 aromatic carbocycles. The van der Waals surface area contributed by atoms with Crippen LogP contribution in [-0.2, 0) is 9.59 Å². The van der Waals surface area contributed by atoms with Crippen molar-refractivity contribution in [1.29, 1.82) is 0 Å². The monoisotopic (exact) mass is 629 g/mol. The predicted octanol–water partition coefficient (Wildman–Crippen LogP) is 11.4. The van der Waals surface area contributed by atoms with E-state index in [1.54, 1.807) is 0 Å². The summed E-state index contributed by atoms with van der Waals surface area (Å²) >= 11 is 0. The van der Waals surface area contributed by atoms with E-state index in [1.165, 1.54) is 181 Å². The number of aliphatic hydroxyl groups is 2. The maximum atomic E-state index is 9.60. The molecule has 0 aliphatic carbocycles. The Bertz CT molecular complexity index is 526. The van der Waals surface area contributed by atoms with Gasteiger partial charge in [0.25, 0.3) is 0 Å². The van der Waals surface area contributed by atoms with Crippen LogP contribution in [0.1, 0.15) is 195 Å². The summed E-state index contributed by atoms with van der Waals surface area (Å²) in [6, 6.07) is 0. The zero-order valence-electron chi connectivity index (χ0n) is 29.8. The van der Waals surface area contributed by atoms with Crippen molar-refractivity contribution in [2.75, 3.05) is 13.2 Å². The fourth-order valence-corrected chi connectivity index (χ4v) is 4.39. The van der Waals surface area contributed by atoms with Gasteiger partial charge in [-0.2, -0.15) is 0 Å². The van der Waals surface area contributed by atoms with Gasteiger partial charge in [0.1, 0.15) is 0 Å². The van der Waals surface area contributed by atoms with Crippen molar-refractivity contribution in [2.24, 2.45) is 0 Å². The molecule has 0 spiro atoms. The highest BCUT2D eigenvalue weighted by molar-refractivity contribution is 5.85. The Kier molecular flexibility index (Phi) is 51.2. The molecule has 0 unspecified atom stereocenters. The van der Waals surface area contributed by atoms with E-state index in [9.17, 15) is 9.59 Å². The second-order valence-electron chi connectivity index (χ2n) is 12.1. The highest BCUT2D eigenvalue weighted by Crippen LogP contribution is 2.15. The molecule has 0 saturated carbocycles. The molecule has 0 rings (SSSR count). The van der Waals surface area contributed by atoms with Gasteiger partial charge < -0.3 is 20.4 Å². The van der Waals surface area contributed by atoms with Crippen molar-refractivity contribution in [3.63, 3.8) is 0 Å². The normalized spacial score (nSPS) is 9.95. The summed E-state index contributed by atoms with van der Waals surface area (Å²) in [7, 11) is 0. The third-order valence-corrected chi connectivity index (χ3v) is 7.29. The van der Waals surface area contributed by atoms with E-state index in [0.29, 0.717) is 0 Å². The molecule has 0 aliphatic rings. The lowest BCUT2D eigenvalue weighted by Crippen LogP contribution is -1.92. The van der Waals surface area contributed by atoms with Crippen molar-refractivity contribution < 1.29 is 30.0 Å². The van der Waals surface area contributed by atoms with Crippen LogP contribution in [0.25, 0.3) is 0 Å². The lowest BCUT2D eigenvalue weighted by Gasteiger charge is -2.04. The number of carboxylic acids is 2. The Morgan fingerprint density at radius 3 is 0.568 bits per heavy atom. The summed E-state index contributed by atoms with van der Waals surface area (Å²) in [6.07, 6.45) is 38.4. The molecule has 0 radical (unpaired) electrons. The first-order valence-electron chi connectivity index (χ1n) is 18.1. The molecule has 0 saturated heterocycles. The molecule has 6 heteroatoms. The third kappa shape index (κ3) is 59.7. The van der Waals surface area contributed by atoms with Crippen LogP contribution >= 0.6 is 0 Å². The number of hydrogen-bond donors (Lipinski definition) is 4. The zero-order valence-corrected chi connectivity index (χ0v) is 29.8. The molecule has 0 bridgehead atoms. The van der Waals surface area contributed by atoms with Gasteiger partial charge in [-0.15, -0.1) is 0 Å². The fourth-order valence-electron chi connectivity index (χ4n) is 4.39. The van der Waals surface area contributed by atoms with Crippen LogP contribution in [-0.4, -0.2) is 45.6 Å². The summed E-state index contributed by atoms with van der Waals surface area (Å²) in [5.74, 6) is -1.87. The minimum absolute atomic E-state index is 0.125. The first-order valence-corrected chi connectivity index (χ1v) is 18.1. The van der Waals surface area contributed by atoms with E-state index >= 15 is 0 Å². The summed E-state index contributed by atoms with van der Waals surface area (Å²) in [5.41, 5.74) is 0.352. The van der Waals surface area contributed by atoms with Gasteiger partial charge in [-0.1, -0.05) is 194 Å². The molecular weight excluding hydrogens is 552 g/mol. The molecule has 0 atom stereocenters. The van der Waals surface area contributed by atoms with Crippen LogP contribution in [0.15, 0.2) is 24.3 Å². The number of aliphatic hydroxyl groups excluding tert-OH is 2. The van der Waals surface area contributed by atoms with E-state index in [-0.39, 0.29) is 24.4 Å². The lowest BCUT2D eigenvalue weighted by atomic mass is 10.0. The predicted molar refractivity (Wildman–Crippen MR) is 190 cm³/mol. The molecule has 0 amide bonds. The van der Waals surface area contributed by atoms with E-state index in [0.717, 1.165) is 0 Å². The molecule has 0 aromatic rings. The van der Waals surface area contributed by atoms with Gasteiger partial charge in [0.05, 0.1) is 13.2 Å². The highest BCUT2D eigenvalue weighted by Gasteiger charge is 1.96. The van der Waals surface area contributed by atoms with E-state index < -0.39 is 11.9 Å². The smallest absolute Gasteiger partial charge is 0.330 e. The number of carbonyl (C=O) groups is 2. The summed E-state index contributed by atoms with van der Waals surface area (Å²) in [6.45, 7) is 13.6. The Labute approximate surface area is 273 Å². The molecule has 6 nitrogen and oxygen atoms in total. The third-order valence-electron chi connectivity index (χ3n) is 7.29. The first-order chi connectivity index (χ1) is 21.1. The molecule has 0 aromatic heterocycles. The van der Waals surface area contributed by atoms with Crippen molar-refractivity contribution in [2.45, 2.75) is 195 Å². The van der Waals surface area contributed by atoms with E-state index in [4.69, 9.17) is 20.4 Å². The Morgan fingerprint density at radius 2 is 0.500 bits per heavy atom. The standard InChI is InChI=1S/C28H58.2C4H6O2.C2H6O2/c1-3-5-7-9-11-13-15-17-19-21-23-25-27-28-26-24-22-20-18-16-14-12-10-8-6-4-2;2*1-3(2)4(5)6;3-1-2-4/h3-28H2,1-2H3;2*1H2,2H3,(H,5,6);3-4H,1-2H2. The van der Waals surface area contributed by atoms with Gasteiger partial charge in [0, 0.05) is 11.1 Å². The molecule has 4 N–H and O–H groups in total. The molecular formula is C38H76O6. The molecule has 0 fully saturated rings. The van der Waals surface area contributed by atoms with Crippen molar-refractivity contribution in [3.05, 3.63) is 24.3 Å². The maximum absolute atomic E-state index is 9.60. The Balaban J connectivity index is -0.000000405. The van der Waals surface area contributed by atoms with Crippen LogP contribution in [0.4, 0.5) is 0 Å². The second kappa shape index (κ2) is 45.8. The highest BCUT2D eigenvalue weighted by atomic mass is 16.4. The van der Waals surface area contributed by atoms with Gasteiger partial charge in [-0.3, -0.25) is 0 Å². The minimum atomic E-state index is -0.935. The quantitative estimate of drug-likeness (QED) is 0.0506. The summed E-state index contributed by atoms with van der Waals surface area (Å²) in [5, 5.41) is 31.0. The summed E-state index contributed by atoms with van der Waals surface area (Å²) < 4.78 is 0. The van der Waals surface area contributed by atoms with Gasteiger partial charge in [0.2, 0.25) is 0 Å². The molecule has 44 heavy (non-hydrogen) atoms. The van der Waals surface area contributed by atoms with E-state index in [2.05, 4.69) is 27.0 Å². The maximum Gasteiger partial charge on any atom is 0.330 e. The number of hydrogen-bond acceptors (Lipinski definition) is 4. The molecule has 0 aliphatic heterocycles. The molecule has 0 heterocycles. The second-order valence-corrected chi connectivity index (χ2v) is 12.1. The Morgan fingerprint density at radius 1 is 0.386 bits per heavy atom. The zero-order chi connectivity index (χ0) is 34.1. The number of unbranched alkanes of at least 4 members (excludes halogenated alkanes) is 25. The number of carboxylic acid groups (broad SMARTS) is 2. The lowest BCUT2D eigenvalue weighted by molar-refractivity contribution is -0.133. The van der Waals surface area contributed by atoms with Gasteiger partial charge >= 0.3 is 11.9 Å². The van der Waals surface area contributed by atoms with Crippen LogP contribution in [0, 0.1) is 0 Å². The number of rotatable bonds is 28. The minimum Gasteiger partial charge on any atom is -0.478 e. The van der Waals surface area contributed by atoms with Gasteiger partial charge in [0.15, 0.2) is 0 Å². The van der Waals surface area contributed by atoms with Crippen LogP contribution in [0.5, 0.6) is 0 Å². The van der Waals surface area contributed by atoms with Crippen molar-refractivity contribution in [3.8, 4) is 0 Å². The van der Waals surface area contributed by atoms with Gasteiger partial charge in [-0.25, -0.2) is 9.59 Å². The molecule has 264 valence electrons. The van der Waals surface area contributed by atoms with Crippen LogP contribution < -0.4 is 0 Å². The summed E-state index contributed by atoms with van der Waals surface area (Å²) in [4.78, 5) is 19.2. The SMILES string of the molecule is C=C(C)C(=O)O.C=C(C)C(=O)O.CCCCCCCCCCCCCCCCCCCCCCCCCCCC.OCCO. The Hall–Kier alpha value is -1.66. The number of aliphatic carboxylic acids is 2. The van der Waals surface area contributed by atoms with Crippen LogP contribution in [0.3, 0.4) is 0 Å². The van der Waals surface area contributed by atoms with Crippen LogP contribution in [0.2, 0.25) is 0 Å². The van der Waals surface area contributed by atoms with Crippen molar-refractivity contribution in [1.82, 2.24) is 0 Å². The first kappa shape index (κ1) is 49.2. The van der Waals surface area contributed by atoms with E-state index in [1.807, 2.05) is 0 Å². The van der Waals surface area contributed by atoms with Crippen molar-refractivity contribution >= 4 is 11.9 Å².